The third-order valence-corrected chi connectivity index (χ3v) is 3.63. The Balaban J connectivity index is 2.00. The summed E-state index contributed by atoms with van der Waals surface area (Å²) in [4.78, 5) is 2.61. The number of piperidine rings is 1. The number of rotatable bonds is 5. The minimum Gasteiger partial charge on any atom is -0.307 e. The van der Waals surface area contributed by atoms with E-state index >= 15 is 0 Å². The maximum atomic E-state index is 3.70. The molecule has 100 valence electrons. The van der Waals surface area contributed by atoms with Crippen LogP contribution in [0.4, 0.5) is 0 Å². The summed E-state index contributed by atoms with van der Waals surface area (Å²) < 4.78 is 0. The number of hydrogen-bond donors (Lipinski definition) is 1. The first-order valence-corrected chi connectivity index (χ1v) is 7.29. The van der Waals surface area contributed by atoms with Crippen LogP contribution in [0.5, 0.6) is 0 Å². The van der Waals surface area contributed by atoms with Crippen LogP contribution in [0.2, 0.25) is 0 Å². The minimum atomic E-state index is 0.462. The third-order valence-electron chi connectivity index (χ3n) is 3.63. The molecule has 1 aliphatic rings. The van der Waals surface area contributed by atoms with Crippen molar-refractivity contribution < 1.29 is 0 Å². The molecule has 1 aromatic rings. The van der Waals surface area contributed by atoms with Gasteiger partial charge in [0.2, 0.25) is 0 Å². The van der Waals surface area contributed by atoms with Crippen molar-refractivity contribution in [3.63, 3.8) is 0 Å². The van der Waals surface area contributed by atoms with Gasteiger partial charge in [0.25, 0.3) is 0 Å². The summed E-state index contributed by atoms with van der Waals surface area (Å²) in [5, 5.41) is 3.70. The summed E-state index contributed by atoms with van der Waals surface area (Å²) >= 11 is 0. The maximum Gasteiger partial charge on any atom is 0.0451 e. The number of nitrogens with one attached hydrogen (secondary N) is 1. The zero-order valence-corrected chi connectivity index (χ0v) is 11.7. The Morgan fingerprint density at radius 1 is 1.06 bits per heavy atom. The highest BCUT2D eigenvalue weighted by Gasteiger charge is 2.18. The van der Waals surface area contributed by atoms with Gasteiger partial charge < -0.3 is 10.2 Å². The fourth-order valence-corrected chi connectivity index (χ4v) is 2.74. The van der Waals surface area contributed by atoms with Crippen molar-refractivity contribution in [3.8, 4) is 0 Å². The Bertz CT molecular complexity index is 328. The van der Waals surface area contributed by atoms with Crippen molar-refractivity contribution in [1.29, 1.82) is 0 Å². The van der Waals surface area contributed by atoms with Crippen molar-refractivity contribution in [3.05, 3.63) is 35.9 Å². The van der Waals surface area contributed by atoms with Crippen LogP contribution in [0.25, 0.3) is 0 Å². The van der Waals surface area contributed by atoms with Crippen LogP contribution in [0.1, 0.15) is 44.7 Å². The van der Waals surface area contributed by atoms with Gasteiger partial charge in [-0.1, -0.05) is 50.6 Å². The second-order valence-corrected chi connectivity index (χ2v) is 5.65. The molecule has 0 aliphatic carbocycles. The molecule has 1 N–H and O–H groups in total. The van der Waals surface area contributed by atoms with E-state index in [1.54, 1.807) is 0 Å². The van der Waals surface area contributed by atoms with Gasteiger partial charge in [-0.2, -0.15) is 0 Å². The predicted octanol–water partition coefficient (Wildman–Crippen LogP) is 3.21. The first kappa shape index (κ1) is 13.6. The molecule has 0 saturated carbocycles. The largest absolute Gasteiger partial charge is 0.307 e. The van der Waals surface area contributed by atoms with E-state index in [1.807, 2.05) is 0 Å². The molecule has 0 aromatic heterocycles. The second-order valence-electron chi connectivity index (χ2n) is 5.65. The van der Waals surface area contributed by atoms with Gasteiger partial charge in [0.15, 0.2) is 0 Å². The quantitative estimate of drug-likeness (QED) is 0.858. The average molecular weight is 246 g/mol. The van der Waals surface area contributed by atoms with Crippen molar-refractivity contribution in [1.82, 2.24) is 10.2 Å². The molecule has 0 bridgehead atoms. The molecule has 2 heteroatoms. The van der Waals surface area contributed by atoms with E-state index in [4.69, 9.17) is 0 Å². The molecule has 0 unspecified atom stereocenters. The number of hydrogen-bond acceptors (Lipinski definition) is 2. The lowest BCUT2D eigenvalue weighted by Gasteiger charge is -2.32. The van der Waals surface area contributed by atoms with Crippen LogP contribution < -0.4 is 5.32 Å². The molecule has 0 amide bonds. The summed E-state index contributed by atoms with van der Waals surface area (Å²) in [6.45, 7) is 8.13. The van der Waals surface area contributed by atoms with Crippen molar-refractivity contribution >= 4 is 0 Å². The highest BCUT2D eigenvalue weighted by atomic mass is 15.2. The fraction of sp³-hybridized carbons (Fsp3) is 0.625. The molecular weight excluding hydrogens is 220 g/mol. The van der Waals surface area contributed by atoms with Gasteiger partial charge in [-0.3, -0.25) is 0 Å². The lowest BCUT2D eigenvalue weighted by Crippen LogP contribution is -2.40. The number of likely N-dealkylation sites (tertiary alicyclic amines) is 1. The fourth-order valence-electron chi connectivity index (χ4n) is 2.74. The van der Waals surface area contributed by atoms with Crippen LogP contribution in [0.15, 0.2) is 30.3 Å². The Morgan fingerprint density at radius 2 is 1.72 bits per heavy atom. The van der Waals surface area contributed by atoms with Crippen molar-refractivity contribution in [2.24, 2.45) is 0 Å². The topological polar surface area (TPSA) is 15.3 Å². The summed E-state index contributed by atoms with van der Waals surface area (Å²) in [6, 6.07) is 11.8. The molecule has 0 spiro atoms. The molecule has 1 aromatic carbocycles. The lowest BCUT2D eigenvalue weighted by atomic mass is 10.0. The Kier molecular flexibility index (Phi) is 5.21. The van der Waals surface area contributed by atoms with E-state index in [0.29, 0.717) is 12.1 Å². The van der Waals surface area contributed by atoms with Crippen LogP contribution in [-0.4, -0.2) is 30.6 Å². The Morgan fingerprint density at radius 3 is 2.33 bits per heavy atom. The number of benzene rings is 1. The average Bonchev–Trinajstić information content (AvgIpc) is 2.40. The summed E-state index contributed by atoms with van der Waals surface area (Å²) in [5.41, 5.74) is 1.41. The standard InChI is InChI=1S/C16H26N2/c1-14(2)17-16(15-9-5-3-6-10-15)13-18-11-7-4-8-12-18/h3,5-6,9-10,14,16-17H,4,7-8,11-13H2,1-2H3/t16-/m1/s1. The Hall–Kier alpha value is -0.860. The molecule has 1 heterocycles. The molecule has 18 heavy (non-hydrogen) atoms. The molecular formula is C16H26N2. The molecule has 1 atom stereocenters. The highest BCUT2D eigenvalue weighted by Crippen LogP contribution is 2.18. The smallest absolute Gasteiger partial charge is 0.0451 e. The molecule has 1 fully saturated rings. The highest BCUT2D eigenvalue weighted by molar-refractivity contribution is 5.19. The lowest BCUT2D eigenvalue weighted by molar-refractivity contribution is 0.202. The normalized spacial score (nSPS) is 19.1. The van der Waals surface area contributed by atoms with Gasteiger partial charge in [0.05, 0.1) is 0 Å². The van der Waals surface area contributed by atoms with Crippen molar-refractivity contribution in [2.75, 3.05) is 19.6 Å². The molecule has 1 aliphatic heterocycles. The van der Waals surface area contributed by atoms with E-state index < -0.39 is 0 Å². The SMILES string of the molecule is CC(C)N[C@H](CN1CCCCC1)c1ccccc1. The summed E-state index contributed by atoms with van der Waals surface area (Å²) in [6.07, 6.45) is 4.14. The van der Waals surface area contributed by atoms with Crippen LogP contribution >= 0.6 is 0 Å². The number of nitrogens with zero attached hydrogens (tertiary/aromatic N) is 1. The molecule has 2 nitrogen and oxygen atoms in total. The predicted molar refractivity (Wildman–Crippen MR) is 77.7 cm³/mol. The van der Waals surface area contributed by atoms with Crippen LogP contribution in [0, 0.1) is 0 Å². The maximum absolute atomic E-state index is 3.70. The first-order chi connectivity index (χ1) is 8.75. The van der Waals surface area contributed by atoms with E-state index in [2.05, 4.69) is 54.4 Å². The third kappa shape index (κ3) is 4.11. The van der Waals surface area contributed by atoms with Crippen LogP contribution in [-0.2, 0) is 0 Å². The van der Waals surface area contributed by atoms with Gasteiger partial charge in [-0.25, -0.2) is 0 Å². The molecule has 0 radical (unpaired) electrons. The van der Waals surface area contributed by atoms with E-state index in [9.17, 15) is 0 Å². The van der Waals surface area contributed by atoms with Gasteiger partial charge in [-0.15, -0.1) is 0 Å². The van der Waals surface area contributed by atoms with E-state index in [1.165, 1.54) is 37.9 Å². The monoisotopic (exact) mass is 246 g/mol. The van der Waals surface area contributed by atoms with Crippen LogP contribution in [0.3, 0.4) is 0 Å². The minimum absolute atomic E-state index is 0.462. The molecule has 1 saturated heterocycles. The van der Waals surface area contributed by atoms with E-state index in [0.717, 1.165) is 6.54 Å². The summed E-state index contributed by atoms with van der Waals surface area (Å²) in [7, 11) is 0. The Labute approximate surface area is 111 Å². The molecule has 2 rings (SSSR count). The zero-order chi connectivity index (χ0) is 12.8. The van der Waals surface area contributed by atoms with Gasteiger partial charge in [0.1, 0.15) is 0 Å². The first-order valence-electron chi connectivity index (χ1n) is 7.29. The van der Waals surface area contributed by atoms with Crippen molar-refractivity contribution in [2.45, 2.75) is 45.2 Å². The zero-order valence-electron chi connectivity index (χ0n) is 11.7. The van der Waals surface area contributed by atoms with Gasteiger partial charge >= 0.3 is 0 Å². The van der Waals surface area contributed by atoms with Gasteiger partial charge in [-0.05, 0) is 31.5 Å². The second kappa shape index (κ2) is 6.91. The van der Waals surface area contributed by atoms with Gasteiger partial charge in [0, 0.05) is 18.6 Å². The summed E-state index contributed by atoms with van der Waals surface area (Å²) in [5.74, 6) is 0. The van der Waals surface area contributed by atoms with E-state index in [-0.39, 0.29) is 0 Å².